The average molecular weight is 268 g/mol. The Morgan fingerprint density at radius 1 is 1.33 bits per heavy atom. The number of hydrogen-bond acceptors (Lipinski definition) is 5. The first-order chi connectivity index (χ1) is 8.20. The van der Waals surface area contributed by atoms with Gasteiger partial charge in [-0.15, -0.1) is 12.6 Å². The molecule has 0 spiro atoms. The SMILES string of the molecule is CC(C)(C)OC(=O)c1c(C(=O)O)c2cc(S)c1o2. The number of carbonyl (C=O) groups excluding carboxylic acids is 1. The van der Waals surface area contributed by atoms with Gasteiger partial charge in [0.2, 0.25) is 0 Å². The van der Waals surface area contributed by atoms with E-state index in [4.69, 9.17) is 14.3 Å². The lowest BCUT2D eigenvalue weighted by atomic mass is 10.1. The van der Waals surface area contributed by atoms with E-state index in [1.165, 1.54) is 6.07 Å². The maximum absolute atomic E-state index is 12.0. The van der Waals surface area contributed by atoms with Crippen LogP contribution >= 0.6 is 12.6 Å². The number of aromatic carboxylic acids is 1. The molecule has 0 fully saturated rings. The summed E-state index contributed by atoms with van der Waals surface area (Å²) in [5, 5.41) is 9.11. The van der Waals surface area contributed by atoms with Crippen LogP contribution < -0.4 is 0 Å². The Kier molecular flexibility index (Phi) is 2.77. The second-order valence-corrected chi connectivity index (χ2v) is 5.36. The molecule has 0 saturated carbocycles. The van der Waals surface area contributed by atoms with Crippen molar-refractivity contribution in [3.63, 3.8) is 0 Å². The number of esters is 1. The van der Waals surface area contributed by atoms with Crippen LogP contribution in [0.15, 0.2) is 15.4 Å². The highest BCUT2D eigenvalue weighted by Crippen LogP contribution is 2.35. The summed E-state index contributed by atoms with van der Waals surface area (Å²) < 4.78 is 10.4. The Morgan fingerprint density at radius 3 is 2.44 bits per heavy atom. The van der Waals surface area contributed by atoms with Crippen LogP contribution in [0.2, 0.25) is 0 Å². The summed E-state index contributed by atoms with van der Waals surface area (Å²) in [5.41, 5.74) is -0.665. The standard InChI is InChI=1S/C12H12O5S/c1-12(2,3)17-11(15)8-7(10(13)14)5-4-6(18)9(8)16-5/h4,18H,1-3H3,(H,13,14). The van der Waals surface area contributed by atoms with Crippen LogP contribution in [0, 0.1) is 0 Å². The van der Waals surface area contributed by atoms with Gasteiger partial charge in [-0.3, -0.25) is 0 Å². The second kappa shape index (κ2) is 3.91. The minimum atomic E-state index is -1.22. The van der Waals surface area contributed by atoms with Crippen LogP contribution in [-0.2, 0) is 4.74 Å². The van der Waals surface area contributed by atoms with Crippen molar-refractivity contribution in [2.75, 3.05) is 0 Å². The number of benzene rings is 1. The molecule has 0 atom stereocenters. The lowest BCUT2D eigenvalue weighted by molar-refractivity contribution is 0.00680. The molecule has 1 N–H and O–H groups in total. The number of fused-ring (bicyclic) bond motifs is 2. The van der Waals surface area contributed by atoms with Crippen LogP contribution in [0.5, 0.6) is 0 Å². The molecule has 18 heavy (non-hydrogen) atoms. The van der Waals surface area contributed by atoms with Gasteiger partial charge >= 0.3 is 11.9 Å². The normalized spacial score (nSPS) is 12.0. The van der Waals surface area contributed by atoms with Crippen molar-refractivity contribution in [3.05, 3.63) is 17.2 Å². The van der Waals surface area contributed by atoms with Gasteiger partial charge < -0.3 is 14.3 Å². The number of ether oxygens (including phenoxy) is 1. The van der Waals surface area contributed by atoms with E-state index < -0.39 is 17.5 Å². The quantitative estimate of drug-likeness (QED) is 0.647. The van der Waals surface area contributed by atoms with E-state index in [1.54, 1.807) is 20.8 Å². The van der Waals surface area contributed by atoms with Crippen molar-refractivity contribution in [2.45, 2.75) is 31.3 Å². The van der Waals surface area contributed by atoms with Crippen molar-refractivity contribution in [1.82, 2.24) is 0 Å². The summed E-state index contributed by atoms with van der Waals surface area (Å²) in [6.45, 7) is 5.11. The van der Waals surface area contributed by atoms with Crippen LogP contribution in [0.25, 0.3) is 11.2 Å². The number of rotatable bonds is 2. The highest BCUT2D eigenvalue weighted by atomic mass is 32.1. The average Bonchev–Trinajstić information content (AvgIpc) is 2.69. The zero-order chi connectivity index (χ0) is 13.7. The van der Waals surface area contributed by atoms with Crippen LogP contribution in [0.3, 0.4) is 0 Å². The molecule has 2 bridgehead atoms. The number of carboxylic acids is 1. The van der Waals surface area contributed by atoms with Crippen LogP contribution in [-0.4, -0.2) is 22.6 Å². The largest absolute Gasteiger partial charge is 0.478 e. The predicted molar refractivity (Wildman–Crippen MR) is 66.8 cm³/mol. The monoisotopic (exact) mass is 268 g/mol. The Labute approximate surface area is 108 Å². The molecule has 0 unspecified atom stereocenters. The number of carbonyl (C=O) groups is 2. The van der Waals surface area contributed by atoms with Gasteiger partial charge in [0.15, 0.2) is 5.58 Å². The lowest BCUT2D eigenvalue weighted by Gasteiger charge is -2.19. The molecule has 5 nitrogen and oxygen atoms in total. The molecule has 2 aromatic heterocycles. The van der Waals surface area contributed by atoms with Crippen molar-refractivity contribution < 1.29 is 23.8 Å². The van der Waals surface area contributed by atoms with E-state index in [1.807, 2.05) is 0 Å². The first-order valence-electron chi connectivity index (χ1n) is 5.25. The highest BCUT2D eigenvalue weighted by molar-refractivity contribution is 7.80. The van der Waals surface area contributed by atoms with E-state index in [0.717, 1.165) is 0 Å². The highest BCUT2D eigenvalue weighted by Gasteiger charge is 2.32. The van der Waals surface area contributed by atoms with E-state index in [9.17, 15) is 9.59 Å². The number of carboxylic acid groups (broad SMARTS) is 1. The van der Waals surface area contributed by atoms with Crippen LogP contribution in [0.4, 0.5) is 0 Å². The Bertz CT molecular complexity index is 620. The third-order valence-corrected chi connectivity index (χ3v) is 2.58. The molecular weight excluding hydrogens is 256 g/mol. The van der Waals surface area contributed by atoms with Gasteiger partial charge in [-0.05, 0) is 26.8 Å². The molecule has 0 aliphatic carbocycles. The molecule has 0 amide bonds. The fourth-order valence-electron chi connectivity index (χ4n) is 1.66. The lowest BCUT2D eigenvalue weighted by Crippen LogP contribution is -2.25. The fourth-order valence-corrected chi connectivity index (χ4v) is 1.93. The van der Waals surface area contributed by atoms with Crippen molar-refractivity contribution >= 4 is 35.7 Å². The van der Waals surface area contributed by atoms with Gasteiger partial charge in [-0.2, -0.15) is 0 Å². The molecule has 0 radical (unpaired) electrons. The zero-order valence-electron chi connectivity index (χ0n) is 10.1. The molecule has 0 aromatic carbocycles. The fraction of sp³-hybridized carbons (Fsp3) is 0.333. The summed E-state index contributed by atoms with van der Waals surface area (Å²) in [5.74, 6) is -1.94. The van der Waals surface area contributed by atoms with E-state index in [0.29, 0.717) is 4.90 Å². The molecule has 0 aliphatic rings. The van der Waals surface area contributed by atoms with Gasteiger partial charge in [0.25, 0.3) is 0 Å². The first-order valence-corrected chi connectivity index (χ1v) is 5.70. The van der Waals surface area contributed by atoms with Gasteiger partial charge in [-0.25, -0.2) is 9.59 Å². The molecule has 0 aliphatic heterocycles. The number of thiol groups is 1. The van der Waals surface area contributed by atoms with Gasteiger partial charge in [0, 0.05) is 0 Å². The summed E-state index contributed by atoms with van der Waals surface area (Å²) in [7, 11) is 0. The second-order valence-electron chi connectivity index (χ2n) is 4.88. The van der Waals surface area contributed by atoms with Gasteiger partial charge in [0.05, 0.1) is 4.90 Å². The minimum Gasteiger partial charge on any atom is -0.478 e. The minimum absolute atomic E-state index is 0.0695. The van der Waals surface area contributed by atoms with Gasteiger partial charge in [0.1, 0.15) is 22.3 Å². The summed E-state index contributed by atoms with van der Waals surface area (Å²) in [6.07, 6.45) is 0. The molecule has 0 saturated heterocycles. The maximum Gasteiger partial charge on any atom is 0.343 e. The molecule has 96 valence electrons. The van der Waals surface area contributed by atoms with E-state index in [-0.39, 0.29) is 22.3 Å². The molecule has 2 aromatic rings. The van der Waals surface area contributed by atoms with E-state index >= 15 is 0 Å². The first kappa shape index (κ1) is 12.8. The third kappa shape index (κ3) is 2.03. The van der Waals surface area contributed by atoms with Gasteiger partial charge in [-0.1, -0.05) is 0 Å². The molecule has 2 heterocycles. The third-order valence-electron chi connectivity index (χ3n) is 2.25. The Hall–Kier alpha value is -1.69. The zero-order valence-corrected chi connectivity index (χ0v) is 11.0. The summed E-state index contributed by atoms with van der Waals surface area (Å²) in [4.78, 5) is 23.6. The molecule has 2 rings (SSSR count). The summed E-state index contributed by atoms with van der Waals surface area (Å²) in [6, 6.07) is 1.47. The maximum atomic E-state index is 12.0. The molecular formula is C12H12O5S. The summed E-state index contributed by atoms with van der Waals surface area (Å²) >= 11 is 4.12. The topological polar surface area (TPSA) is 76.7 Å². The van der Waals surface area contributed by atoms with Crippen LogP contribution in [0.1, 0.15) is 41.5 Å². The number of furan rings is 2. The van der Waals surface area contributed by atoms with Crippen molar-refractivity contribution in [1.29, 1.82) is 0 Å². The van der Waals surface area contributed by atoms with Crippen molar-refractivity contribution in [3.8, 4) is 0 Å². The predicted octanol–water partition coefficient (Wildman–Crippen LogP) is 2.81. The Morgan fingerprint density at radius 2 is 1.94 bits per heavy atom. The number of hydrogen-bond donors (Lipinski definition) is 2. The molecule has 6 heteroatoms. The Balaban J connectivity index is 2.54. The van der Waals surface area contributed by atoms with Crippen molar-refractivity contribution in [2.24, 2.45) is 0 Å². The smallest absolute Gasteiger partial charge is 0.343 e. The van der Waals surface area contributed by atoms with E-state index in [2.05, 4.69) is 12.6 Å².